The van der Waals surface area contributed by atoms with Gasteiger partial charge in [0.2, 0.25) is 0 Å². The van der Waals surface area contributed by atoms with Crippen molar-refractivity contribution in [3.63, 3.8) is 0 Å². The van der Waals surface area contributed by atoms with Gasteiger partial charge in [-0.15, -0.1) is 13.2 Å². The number of halogens is 4. The number of benzene rings is 2. The van der Waals surface area contributed by atoms with Crippen molar-refractivity contribution < 1.29 is 27.8 Å². The number of hydrogen-bond acceptors (Lipinski definition) is 3. The molecule has 1 N–H and O–H groups in total. The van der Waals surface area contributed by atoms with Gasteiger partial charge < -0.3 is 9.84 Å². The SMILES string of the molecule is CC(C)c1c(-c2cccc(OC(F)(F)F)c2)c(C(=O)O)nc2ccc(Cl)cc12. The van der Waals surface area contributed by atoms with E-state index in [9.17, 15) is 23.1 Å². The molecule has 2 aromatic carbocycles. The summed E-state index contributed by atoms with van der Waals surface area (Å²) < 4.78 is 41.8. The Morgan fingerprint density at radius 2 is 1.89 bits per heavy atom. The normalized spacial score (nSPS) is 11.8. The maximum atomic E-state index is 12.6. The van der Waals surface area contributed by atoms with Gasteiger partial charge in [-0.3, -0.25) is 0 Å². The molecule has 0 bridgehead atoms. The lowest BCUT2D eigenvalue weighted by atomic mass is 9.88. The van der Waals surface area contributed by atoms with Gasteiger partial charge in [-0.1, -0.05) is 37.6 Å². The van der Waals surface area contributed by atoms with Gasteiger partial charge in [0, 0.05) is 16.0 Å². The molecular weight excluding hydrogens is 395 g/mol. The Morgan fingerprint density at radius 3 is 2.50 bits per heavy atom. The highest BCUT2D eigenvalue weighted by molar-refractivity contribution is 6.31. The average molecular weight is 410 g/mol. The maximum absolute atomic E-state index is 12.6. The number of alkyl halides is 3. The van der Waals surface area contributed by atoms with Gasteiger partial charge in [-0.2, -0.15) is 0 Å². The minimum absolute atomic E-state index is 0.149. The first-order chi connectivity index (χ1) is 13.1. The summed E-state index contributed by atoms with van der Waals surface area (Å²) in [6.45, 7) is 3.72. The molecule has 0 aliphatic carbocycles. The number of rotatable bonds is 4. The summed E-state index contributed by atoms with van der Waals surface area (Å²) >= 11 is 6.10. The minimum atomic E-state index is -4.86. The molecule has 0 amide bonds. The lowest BCUT2D eigenvalue weighted by Crippen LogP contribution is -2.17. The van der Waals surface area contributed by atoms with Crippen LogP contribution in [0.15, 0.2) is 42.5 Å². The van der Waals surface area contributed by atoms with Crippen molar-refractivity contribution in [3.8, 4) is 16.9 Å². The van der Waals surface area contributed by atoms with Crippen LogP contribution in [-0.4, -0.2) is 22.4 Å². The molecule has 0 unspecified atom stereocenters. The zero-order chi connectivity index (χ0) is 20.6. The Hall–Kier alpha value is -2.80. The van der Waals surface area contributed by atoms with Crippen molar-refractivity contribution in [1.82, 2.24) is 4.98 Å². The van der Waals surface area contributed by atoms with Gasteiger partial charge in [-0.25, -0.2) is 9.78 Å². The predicted octanol–water partition coefficient (Wildman–Crippen LogP) is 6.28. The number of pyridine rings is 1. The van der Waals surface area contributed by atoms with E-state index in [1.807, 2.05) is 13.8 Å². The van der Waals surface area contributed by atoms with E-state index >= 15 is 0 Å². The van der Waals surface area contributed by atoms with Gasteiger partial charge >= 0.3 is 12.3 Å². The van der Waals surface area contributed by atoms with Gasteiger partial charge in [0.05, 0.1) is 5.52 Å². The minimum Gasteiger partial charge on any atom is -0.476 e. The topological polar surface area (TPSA) is 59.4 Å². The monoisotopic (exact) mass is 409 g/mol. The van der Waals surface area contributed by atoms with Crippen LogP contribution in [0.1, 0.15) is 35.8 Å². The molecule has 1 heterocycles. The van der Waals surface area contributed by atoms with E-state index < -0.39 is 18.1 Å². The third kappa shape index (κ3) is 4.04. The number of carboxylic acid groups (broad SMARTS) is 1. The first kappa shape index (κ1) is 19.9. The second-order valence-corrected chi connectivity index (χ2v) is 6.88. The van der Waals surface area contributed by atoms with Gasteiger partial charge in [0.25, 0.3) is 0 Å². The first-order valence-corrected chi connectivity index (χ1v) is 8.67. The number of aromatic carboxylic acids is 1. The van der Waals surface area contributed by atoms with Crippen LogP contribution in [0.3, 0.4) is 0 Å². The smallest absolute Gasteiger partial charge is 0.476 e. The summed E-state index contributed by atoms with van der Waals surface area (Å²) in [5.74, 6) is -1.87. The van der Waals surface area contributed by atoms with Crippen molar-refractivity contribution in [2.45, 2.75) is 26.1 Å². The zero-order valence-electron chi connectivity index (χ0n) is 14.8. The fourth-order valence-corrected chi connectivity index (χ4v) is 3.33. The molecule has 3 rings (SSSR count). The van der Waals surface area contributed by atoms with Crippen molar-refractivity contribution in [2.24, 2.45) is 0 Å². The number of nitrogens with zero attached hydrogens (tertiary/aromatic N) is 1. The number of hydrogen-bond donors (Lipinski definition) is 1. The van der Waals surface area contributed by atoms with Crippen LogP contribution < -0.4 is 4.74 Å². The molecule has 0 fully saturated rings. The molecule has 8 heteroatoms. The van der Waals surface area contributed by atoms with E-state index in [-0.39, 0.29) is 22.7 Å². The summed E-state index contributed by atoms with van der Waals surface area (Å²) in [6.07, 6.45) is -4.86. The van der Waals surface area contributed by atoms with Crippen molar-refractivity contribution in [3.05, 3.63) is 58.7 Å². The molecule has 0 spiro atoms. The Kier molecular flexibility index (Phi) is 5.21. The van der Waals surface area contributed by atoms with Crippen LogP contribution in [0.4, 0.5) is 13.2 Å². The lowest BCUT2D eigenvalue weighted by Gasteiger charge is -2.19. The number of fused-ring (bicyclic) bond motifs is 1. The van der Waals surface area contributed by atoms with Crippen LogP contribution in [-0.2, 0) is 0 Å². The number of aromatic nitrogens is 1. The predicted molar refractivity (Wildman–Crippen MR) is 99.9 cm³/mol. The molecule has 1 aromatic heterocycles. The maximum Gasteiger partial charge on any atom is 0.573 e. The number of carboxylic acids is 1. The fraction of sp³-hybridized carbons (Fsp3) is 0.200. The van der Waals surface area contributed by atoms with Crippen LogP contribution in [0, 0.1) is 0 Å². The molecule has 0 saturated heterocycles. The van der Waals surface area contributed by atoms with Crippen molar-refractivity contribution in [1.29, 1.82) is 0 Å². The Balaban J connectivity index is 2.36. The highest BCUT2D eigenvalue weighted by Gasteiger charge is 2.31. The van der Waals surface area contributed by atoms with Crippen LogP contribution in [0.5, 0.6) is 5.75 Å². The highest BCUT2D eigenvalue weighted by atomic mass is 35.5. The van der Waals surface area contributed by atoms with Gasteiger partial charge in [0.15, 0.2) is 5.69 Å². The third-order valence-electron chi connectivity index (χ3n) is 4.12. The highest BCUT2D eigenvalue weighted by Crippen LogP contribution is 2.39. The molecule has 0 radical (unpaired) electrons. The molecule has 0 atom stereocenters. The second kappa shape index (κ2) is 7.31. The van der Waals surface area contributed by atoms with Gasteiger partial charge in [-0.05, 0) is 47.4 Å². The molecular formula is C20H15ClF3NO3. The number of carbonyl (C=O) groups is 1. The van der Waals surface area contributed by atoms with E-state index in [2.05, 4.69) is 9.72 Å². The van der Waals surface area contributed by atoms with Crippen LogP contribution in [0.2, 0.25) is 5.02 Å². The summed E-state index contributed by atoms with van der Waals surface area (Å²) in [7, 11) is 0. The van der Waals surface area contributed by atoms with E-state index in [1.54, 1.807) is 18.2 Å². The third-order valence-corrected chi connectivity index (χ3v) is 4.36. The van der Waals surface area contributed by atoms with E-state index in [1.165, 1.54) is 12.1 Å². The quantitative estimate of drug-likeness (QED) is 0.551. The van der Waals surface area contributed by atoms with Crippen LogP contribution in [0.25, 0.3) is 22.0 Å². The van der Waals surface area contributed by atoms with E-state index in [0.29, 0.717) is 21.5 Å². The fourth-order valence-electron chi connectivity index (χ4n) is 3.16. The van der Waals surface area contributed by atoms with Crippen molar-refractivity contribution in [2.75, 3.05) is 0 Å². The molecule has 146 valence electrons. The summed E-state index contributed by atoms with van der Waals surface area (Å²) in [4.78, 5) is 16.1. The zero-order valence-corrected chi connectivity index (χ0v) is 15.6. The second-order valence-electron chi connectivity index (χ2n) is 6.45. The summed E-state index contributed by atoms with van der Waals surface area (Å²) in [5, 5.41) is 10.8. The molecule has 4 nitrogen and oxygen atoms in total. The lowest BCUT2D eigenvalue weighted by molar-refractivity contribution is -0.274. The Morgan fingerprint density at radius 1 is 1.18 bits per heavy atom. The molecule has 0 aliphatic heterocycles. The molecule has 0 saturated carbocycles. The average Bonchev–Trinajstić information content (AvgIpc) is 2.58. The molecule has 28 heavy (non-hydrogen) atoms. The Labute approximate surface area is 163 Å². The molecule has 3 aromatic rings. The Bertz CT molecular complexity index is 1060. The largest absolute Gasteiger partial charge is 0.573 e. The first-order valence-electron chi connectivity index (χ1n) is 8.29. The summed E-state index contributed by atoms with van der Waals surface area (Å²) in [6, 6.07) is 10.1. The standard InChI is InChI=1S/C20H15ClF3NO3/c1-10(2)16-14-9-12(21)6-7-15(14)25-18(19(26)27)17(16)11-4-3-5-13(8-11)28-20(22,23)24/h3-10H,1-2H3,(H,26,27). The van der Waals surface area contributed by atoms with E-state index in [0.717, 1.165) is 12.1 Å². The van der Waals surface area contributed by atoms with Crippen molar-refractivity contribution >= 4 is 28.5 Å². The van der Waals surface area contributed by atoms with E-state index in [4.69, 9.17) is 11.6 Å². The number of ether oxygens (including phenoxy) is 1. The molecule has 0 aliphatic rings. The van der Waals surface area contributed by atoms with Crippen LogP contribution >= 0.6 is 11.6 Å². The summed E-state index contributed by atoms with van der Waals surface area (Å²) in [5.41, 5.74) is 1.33. The van der Waals surface area contributed by atoms with Gasteiger partial charge in [0.1, 0.15) is 5.75 Å².